The zero-order chi connectivity index (χ0) is 16.7. The Kier molecular flexibility index (Phi) is 5.79. The molecule has 0 spiro atoms. The fourth-order valence-electron chi connectivity index (χ4n) is 1.91. The molecule has 0 saturated heterocycles. The molecule has 2 rings (SSSR count). The van der Waals surface area contributed by atoms with Gasteiger partial charge in [-0.3, -0.25) is 4.99 Å². The molecule has 1 aromatic heterocycles. The lowest BCUT2D eigenvalue weighted by Crippen LogP contribution is -2.30. The summed E-state index contributed by atoms with van der Waals surface area (Å²) >= 11 is 0. The number of nitrogens with zero attached hydrogens (tertiary/aromatic N) is 3. The fraction of sp³-hybridized carbons (Fsp3) is 0.400. The van der Waals surface area contributed by atoms with Crippen molar-refractivity contribution in [3.05, 3.63) is 29.9 Å². The quantitative estimate of drug-likeness (QED) is 0.621. The zero-order valence-electron chi connectivity index (χ0n) is 13.7. The number of guanidine groups is 1. The number of aromatic nitrogens is 2. The van der Waals surface area contributed by atoms with E-state index in [-0.39, 0.29) is 0 Å². The number of methoxy groups -OCH3 is 1. The molecule has 1 aromatic carbocycles. The molecule has 8 heteroatoms. The van der Waals surface area contributed by atoms with Gasteiger partial charge in [0.2, 0.25) is 5.89 Å². The highest BCUT2D eigenvalue weighted by atomic mass is 16.5. The van der Waals surface area contributed by atoms with Crippen molar-refractivity contribution < 1.29 is 14.0 Å². The average Bonchev–Trinajstić information content (AvgIpc) is 2.98. The first-order valence-corrected chi connectivity index (χ1v) is 7.24. The molecule has 0 aliphatic rings. The van der Waals surface area contributed by atoms with Crippen LogP contribution in [-0.2, 0) is 6.54 Å². The van der Waals surface area contributed by atoms with Crippen LogP contribution in [0.3, 0.4) is 0 Å². The van der Waals surface area contributed by atoms with Gasteiger partial charge in [0.1, 0.15) is 0 Å². The molecule has 2 aromatic rings. The highest BCUT2D eigenvalue weighted by molar-refractivity contribution is 5.93. The second-order valence-corrected chi connectivity index (χ2v) is 4.58. The molecule has 0 atom stereocenters. The Bertz CT molecular complexity index is 669. The third-order valence-electron chi connectivity index (χ3n) is 2.93. The maximum atomic E-state index is 5.50. The number of hydrogen-bond donors (Lipinski definition) is 2. The van der Waals surface area contributed by atoms with E-state index >= 15 is 0 Å². The van der Waals surface area contributed by atoms with Gasteiger partial charge in [0.05, 0.1) is 20.3 Å². The van der Waals surface area contributed by atoms with Gasteiger partial charge in [-0.05, 0) is 19.1 Å². The first-order chi connectivity index (χ1) is 11.2. The highest BCUT2D eigenvalue weighted by Crippen LogP contribution is 2.30. The van der Waals surface area contributed by atoms with Gasteiger partial charge in [-0.1, -0.05) is 5.16 Å². The number of nitrogens with one attached hydrogen (secondary N) is 2. The Morgan fingerprint density at radius 2 is 2.17 bits per heavy atom. The first kappa shape index (κ1) is 16.6. The van der Waals surface area contributed by atoms with Crippen LogP contribution in [0.2, 0.25) is 0 Å². The number of anilines is 1. The second kappa shape index (κ2) is 8.02. The standard InChI is InChI=1S/C15H21N5O3/c1-5-22-12-7-6-11(8-13(12)21-4)19-15(16-3)17-9-14-18-10(2)23-20-14/h6-8H,5,9H2,1-4H3,(H2,16,17,19). The molecule has 0 aliphatic carbocycles. The Morgan fingerprint density at radius 3 is 2.78 bits per heavy atom. The number of ether oxygens (including phenoxy) is 2. The predicted molar refractivity (Wildman–Crippen MR) is 87.0 cm³/mol. The number of aryl methyl sites for hydroxylation is 1. The molecule has 0 fully saturated rings. The van der Waals surface area contributed by atoms with Crippen molar-refractivity contribution in [2.45, 2.75) is 20.4 Å². The molecular weight excluding hydrogens is 298 g/mol. The average molecular weight is 319 g/mol. The van der Waals surface area contributed by atoms with Crippen molar-refractivity contribution in [3.63, 3.8) is 0 Å². The molecule has 0 radical (unpaired) electrons. The van der Waals surface area contributed by atoms with Crippen LogP contribution < -0.4 is 20.1 Å². The van der Waals surface area contributed by atoms with E-state index in [0.29, 0.717) is 42.3 Å². The molecule has 23 heavy (non-hydrogen) atoms. The number of aliphatic imine (C=N–C) groups is 1. The van der Waals surface area contributed by atoms with Gasteiger partial charge in [0.25, 0.3) is 0 Å². The molecule has 0 unspecified atom stereocenters. The summed E-state index contributed by atoms with van der Waals surface area (Å²) in [4.78, 5) is 8.28. The lowest BCUT2D eigenvalue weighted by molar-refractivity contribution is 0.311. The number of rotatable bonds is 6. The minimum Gasteiger partial charge on any atom is -0.493 e. The molecular formula is C15H21N5O3. The van der Waals surface area contributed by atoms with E-state index in [2.05, 4.69) is 25.8 Å². The van der Waals surface area contributed by atoms with Crippen LogP contribution in [0.5, 0.6) is 11.5 Å². The van der Waals surface area contributed by atoms with Gasteiger partial charge in [-0.2, -0.15) is 4.98 Å². The van der Waals surface area contributed by atoms with Crippen molar-refractivity contribution in [1.82, 2.24) is 15.5 Å². The summed E-state index contributed by atoms with van der Waals surface area (Å²) in [7, 11) is 3.29. The van der Waals surface area contributed by atoms with Crippen LogP contribution in [0.1, 0.15) is 18.6 Å². The molecule has 1 heterocycles. The maximum Gasteiger partial charge on any atom is 0.223 e. The van der Waals surface area contributed by atoms with Crippen molar-refractivity contribution in [1.29, 1.82) is 0 Å². The van der Waals surface area contributed by atoms with Crippen molar-refractivity contribution >= 4 is 11.6 Å². The van der Waals surface area contributed by atoms with Gasteiger partial charge < -0.3 is 24.6 Å². The predicted octanol–water partition coefficient (Wildman–Crippen LogP) is 1.97. The summed E-state index contributed by atoms with van der Waals surface area (Å²) in [5.74, 6) is 3.03. The molecule has 0 saturated carbocycles. The van der Waals surface area contributed by atoms with E-state index in [9.17, 15) is 0 Å². The van der Waals surface area contributed by atoms with Gasteiger partial charge in [0, 0.05) is 25.7 Å². The summed E-state index contributed by atoms with van der Waals surface area (Å²) in [5.41, 5.74) is 0.822. The Balaban J connectivity index is 2.01. The van der Waals surface area contributed by atoms with Crippen molar-refractivity contribution in [2.75, 3.05) is 26.1 Å². The monoisotopic (exact) mass is 319 g/mol. The molecule has 0 amide bonds. The van der Waals surface area contributed by atoms with Crippen molar-refractivity contribution in [3.8, 4) is 11.5 Å². The smallest absolute Gasteiger partial charge is 0.223 e. The van der Waals surface area contributed by atoms with E-state index in [1.165, 1.54) is 0 Å². The summed E-state index contributed by atoms with van der Waals surface area (Å²) < 4.78 is 15.7. The molecule has 0 aliphatic heterocycles. The third-order valence-corrected chi connectivity index (χ3v) is 2.93. The SMILES string of the molecule is CCOc1ccc(NC(=NC)NCc2noc(C)n2)cc1OC. The fourth-order valence-corrected chi connectivity index (χ4v) is 1.91. The lowest BCUT2D eigenvalue weighted by atomic mass is 10.2. The van der Waals surface area contributed by atoms with Crippen LogP contribution in [-0.4, -0.2) is 36.9 Å². The summed E-state index contributed by atoms with van der Waals surface area (Å²) in [6.07, 6.45) is 0. The van der Waals surface area contributed by atoms with E-state index in [4.69, 9.17) is 14.0 Å². The van der Waals surface area contributed by atoms with Gasteiger partial charge in [-0.25, -0.2) is 0 Å². The van der Waals surface area contributed by atoms with Crippen LogP contribution in [0.25, 0.3) is 0 Å². The number of benzene rings is 1. The zero-order valence-corrected chi connectivity index (χ0v) is 13.7. The molecule has 124 valence electrons. The minimum absolute atomic E-state index is 0.408. The van der Waals surface area contributed by atoms with Gasteiger partial charge in [0.15, 0.2) is 23.3 Å². The van der Waals surface area contributed by atoms with E-state index in [0.717, 1.165) is 5.69 Å². The lowest BCUT2D eigenvalue weighted by Gasteiger charge is -2.14. The summed E-state index contributed by atoms with van der Waals surface area (Å²) in [6, 6.07) is 5.58. The molecule has 0 bridgehead atoms. The Morgan fingerprint density at radius 1 is 1.35 bits per heavy atom. The van der Waals surface area contributed by atoms with Gasteiger partial charge >= 0.3 is 0 Å². The van der Waals surface area contributed by atoms with Crippen LogP contribution >= 0.6 is 0 Å². The van der Waals surface area contributed by atoms with E-state index in [1.54, 1.807) is 21.1 Å². The molecule has 8 nitrogen and oxygen atoms in total. The van der Waals surface area contributed by atoms with Crippen LogP contribution in [0.15, 0.2) is 27.7 Å². The second-order valence-electron chi connectivity index (χ2n) is 4.58. The normalized spacial score (nSPS) is 11.2. The van der Waals surface area contributed by atoms with E-state index < -0.39 is 0 Å². The largest absolute Gasteiger partial charge is 0.493 e. The maximum absolute atomic E-state index is 5.50. The Labute approximate surface area is 134 Å². The van der Waals surface area contributed by atoms with Crippen LogP contribution in [0.4, 0.5) is 5.69 Å². The van der Waals surface area contributed by atoms with Crippen LogP contribution in [0, 0.1) is 6.92 Å². The first-order valence-electron chi connectivity index (χ1n) is 7.24. The summed E-state index contributed by atoms with van der Waals surface area (Å²) in [6.45, 7) is 4.66. The highest BCUT2D eigenvalue weighted by Gasteiger charge is 2.08. The Hall–Kier alpha value is -2.77. The number of hydrogen-bond acceptors (Lipinski definition) is 6. The minimum atomic E-state index is 0.408. The summed E-state index contributed by atoms with van der Waals surface area (Å²) in [5, 5.41) is 10.1. The van der Waals surface area contributed by atoms with Crippen molar-refractivity contribution in [2.24, 2.45) is 4.99 Å². The third kappa shape index (κ3) is 4.60. The topological polar surface area (TPSA) is 93.8 Å². The molecule has 2 N–H and O–H groups in total. The van der Waals surface area contributed by atoms with Gasteiger partial charge in [-0.15, -0.1) is 0 Å². The van der Waals surface area contributed by atoms with E-state index in [1.807, 2.05) is 25.1 Å².